The van der Waals surface area contributed by atoms with E-state index >= 15 is 0 Å². The Morgan fingerprint density at radius 1 is 1.19 bits per heavy atom. The first-order valence-electron chi connectivity index (χ1n) is 7.93. The van der Waals surface area contributed by atoms with Crippen molar-refractivity contribution in [3.63, 3.8) is 0 Å². The van der Waals surface area contributed by atoms with E-state index in [0.717, 1.165) is 11.4 Å². The molecule has 2 aromatic heterocycles. The van der Waals surface area contributed by atoms with Gasteiger partial charge in [-0.2, -0.15) is 5.10 Å². The van der Waals surface area contributed by atoms with Crippen LogP contribution in [-0.2, 0) is 7.05 Å². The minimum Gasteiger partial charge on any atom is -0.325 e. The maximum Gasteiger partial charge on any atom is 0.295 e. The average molecular weight is 366 g/mol. The summed E-state index contributed by atoms with van der Waals surface area (Å²) >= 11 is 5.23. The molecule has 0 saturated carbocycles. The minimum atomic E-state index is -0.186. The summed E-state index contributed by atoms with van der Waals surface area (Å²) in [6, 6.07) is 14.9. The summed E-state index contributed by atoms with van der Waals surface area (Å²) in [4.78, 5) is 16.9. The molecule has 7 nitrogen and oxygen atoms in total. The van der Waals surface area contributed by atoms with E-state index in [1.54, 1.807) is 21.8 Å². The van der Waals surface area contributed by atoms with Crippen LogP contribution in [0.25, 0.3) is 5.69 Å². The van der Waals surface area contributed by atoms with Gasteiger partial charge in [0.2, 0.25) is 0 Å². The number of benzene rings is 1. The van der Waals surface area contributed by atoms with Crippen LogP contribution in [0.15, 0.2) is 64.6 Å². The maximum absolute atomic E-state index is 12.8. The topological polar surface area (TPSA) is 76.2 Å². The summed E-state index contributed by atoms with van der Waals surface area (Å²) in [6.07, 6.45) is 3.23. The van der Waals surface area contributed by atoms with Crippen molar-refractivity contribution < 1.29 is 0 Å². The number of hydrazone groups is 1. The third-order valence-corrected chi connectivity index (χ3v) is 4.04. The first kappa shape index (κ1) is 17.6. The van der Waals surface area contributed by atoms with E-state index < -0.39 is 0 Å². The molecular formula is C18H18N6OS. The second-order valence-electron chi connectivity index (χ2n) is 5.52. The zero-order chi connectivity index (χ0) is 18.5. The first-order chi connectivity index (χ1) is 12.6. The normalized spacial score (nSPS) is 10.8. The molecule has 0 aliphatic carbocycles. The highest BCUT2D eigenvalue weighted by Gasteiger charge is 2.16. The summed E-state index contributed by atoms with van der Waals surface area (Å²) in [5.41, 5.74) is 5.15. The van der Waals surface area contributed by atoms with Crippen molar-refractivity contribution in [1.29, 1.82) is 0 Å². The number of para-hydroxylation sites is 1. The Morgan fingerprint density at radius 3 is 2.62 bits per heavy atom. The van der Waals surface area contributed by atoms with Crippen molar-refractivity contribution in [2.24, 2.45) is 12.1 Å². The van der Waals surface area contributed by atoms with Crippen molar-refractivity contribution >= 4 is 29.2 Å². The van der Waals surface area contributed by atoms with Gasteiger partial charge >= 0.3 is 0 Å². The lowest BCUT2D eigenvalue weighted by atomic mass is 10.3. The Labute approximate surface area is 156 Å². The van der Waals surface area contributed by atoms with Crippen LogP contribution in [0.3, 0.4) is 0 Å². The smallest absolute Gasteiger partial charge is 0.295 e. The van der Waals surface area contributed by atoms with E-state index in [9.17, 15) is 4.79 Å². The van der Waals surface area contributed by atoms with Crippen LogP contribution in [0.2, 0.25) is 0 Å². The van der Waals surface area contributed by atoms with E-state index in [2.05, 4.69) is 20.8 Å². The van der Waals surface area contributed by atoms with Gasteiger partial charge in [-0.15, -0.1) is 0 Å². The number of anilines is 1. The summed E-state index contributed by atoms with van der Waals surface area (Å²) < 4.78 is 3.36. The van der Waals surface area contributed by atoms with Crippen LogP contribution in [0, 0.1) is 6.92 Å². The summed E-state index contributed by atoms with van der Waals surface area (Å²) in [5.74, 6) is 0. The Hall–Kier alpha value is -3.26. The molecule has 8 heteroatoms. The molecule has 26 heavy (non-hydrogen) atoms. The van der Waals surface area contributed by atoms with Gasteiger partial charge < -0.3 is 5.32 Å². The van der Waals surface area contributed by atoms with Crippen LogP contribution in [0.4, 0.5) is 5.69 Å². The molecule has 1 aromatic carbocycles. The standard InChI is InChI=1S/C18H18N6OS/c1-13-16(17(25)24(23(13)2)15-9-4-3-5-10-15)21-18(26)22-20-12-14-8-6-7-11-19-14/h3-12H,1-2H3,(H2,21,22,26)/b20-12-. The maximum atomic E-state index is 12.8. The molecule has 0 bridgehead atoms. The highest BCUT2D eigenvalue weighted by Crippen LogP contribution is 2.13. The third-order valence-electron chi connectivity index (χ3n) is 3.84. The predicted octanol–water partition coefficient (Wildman–Crippen LogP) is 2.20. The van der Waals surface area contributed by atoms with E-state index in [1.807, 2.05) is 62.5 Å². The number of hydrogen-bond donors (Lipinski definition) is 2. The number of rotatable bonds is 4. The molecular weight excluding hydrogens is 348 g/mol. The molecule has 0 aliphatic rings. The quantitative estimate of drug-likeness (QED) is 0.421. The SMILES string of the molecule is Cc1c(NC(=S)N/N=C\c2ccccn2)c(=O)n(-c2ccccc2)n1C. The molecule has 3 aromatic rings. The lowest BCUT2D eigenvalue weighted by Crippen LogP contribution is -2.28. The van der Waals surface area contributed by atoms with Gasteiger partial charge in [0.15, 0.2) is 5.11 Å². The van der Waals surface area contributed by atoms with Gasteiger partial charge in [-0.3, -0.25) is 19.9 Å². The zero-order valence-corrected chi connectivity index (χ0v) is 15.2. The lowest BCUT2D eigenvalue weighted by Gasteiger charge is -2.07. The second-order valence-corrected chi connectivity index (χ2v) is 5.92. The largest absolute Gasteiger partial charge is 0.325 e. The number of aromatic nitrogens is 3. The molecule has 0 radical (unpaired) electrons. The number of hydrogen-bond acceptors (Lipinski definition) is 4. The molecule has 0 amide bonds. The molecule has 0 unspecified atom stereocenters. The highest BCUT2D eigenvalue weighted by atomic mass is 32.1. The van der Waals surface area contributed by atoms with Gasteiger partial charge in [-0.1, -0.05) is 24.3 Å². The number of nitrogens with one attached hydrogen (secondary N) is 2. The van der Waals surface area contributed by atoms with Crippen molar-refractivity contribution in [3.8, 4) is 5.69 Å². The Kier molecular flexibility index (Phi) is 5.23. The molecule has 0 atom stereocenters. The Bertz CT molecular complexity index is 992. The summed E-state index contributed by atoms with van der Waals surface area (Å²) in [5, 5.41) is 7.18. The van der Waals surface area contributed by atoms with Crippen LogP contribution in [-0.4, -0.2) is 25.7 Å². The number of pyridine rings is 1. The molecule has 0 fully saturated rings. The number of thiocarbonyl (C=S) groups is 1. The van der Waals surface area contributed by atoms with Gasteiger partial charge in [0.05, 0.1) is 23.3 Å². The first-order valence-corrected chi connectivity index (χ1v) is 8.34. The fourth-order valence-corrected chi connectivity index (χ4v) is 2.62. The van der Waals surface area contributed by atoms with Gasteiger partial charge in [0.1, 0.15) is 5.69 Å². The van der Waals surface area contributed by atoms with Gasteiger partial charge in [0.25, 0.3) is 5.56 Å². The van der Waals surface area contributed by atoms with Crippen molar-refractivity contribution in [2.75, 3.05) is 5.32 Å². The van der Waals surface area contributed by atoms with E-state index in [-0.39, 0.29) is 10.7 Å². The molecule has 2 N–H and O–H groups in total. The molecule has 2 heterocycles. The van der Waals surface area contributed by atoms with Gasteiger partial charge in [0, 0.05) is 13.2 Å². The molecule has 132 valence electrons. The molecule has 3 rings (SSSR count). The van der Waals surface area contributed by atoms with Crippen LogP contribution >= 0.6 is 12.2 Å². The molecule has 0 aliphatic heterocycles. The molecule has 0 saturated heterocycles. The Balaban J connectivity index is 1.77. The second kappa shape index (κ2) is 7.75. The van der Waals surface area contributed by atoms with Crippen LogP contribution in [0.1, 0.15) is 11.4 Å². The van der Waals surface area contributed by atoms with Gasteiger partial charge in [-0.05, 0) is 43.4 Å². The van der Waals surface area contributed by atoms with E-state index in [1.165, 1.54) is 0 Å². The van der Waals surface area contributed by atoms with Crippen molar-refractivity contribution in [1.82, 2.24) is 19.8 Å². The third kappa shape index (κ3) is 3.70. The summed E-state index contributed by atoms with van der Waals surface area (Å²) in [7, 11) is 1.82. The van der Waals surface area contributed by atoms with Crippen molar-refractivity contribution in [3.05, 3.63) is 76.5 Å². The monoisotopic (exact) mass is 366 g/mol. The average Bonchev–Trinajstić information content (AvgIpc) is 2.87. The fraction of sp³-hybridized carbons (Fsp3) is 0.111. The predicted molar refractivity (Wildman–Crippen MR) is 107 cm³/mol. The Morgan fingerprint density at radius 2 is 1.92 bits per heavy atom. The van der Waals surface area contributed by atoms with Gasteiger partial charge in [-0.25, -0.2) is 4.68 Å². The van der Waals surface area contributed by atoms with E-state index in [0.29, 0.717) is 11.4 Å². The zero-order valence-electron chi connectivity index (χ0n) is 14.4. The molecule has 0 spiro atoms. The summed E-state index contributed by atoms with van der Waals surface area (Å²) in [6.45, 7) is 1.85. The van der Waals surface area contributed by atoms with Crippen LogP contribution < -0.4 is 16.3 Å². The highest BCUT2D eigenvalue weighted by molar-refractivity contribution is 7.80. The van der Waals surface area contributed by atoms with E-state index in [4.69, 9.17) is 12.2 Å². The minimum absolute atomic E-state index is 0.186. The number of nitrogens with zero attached hydrogens (tertiary/aromatic N) is 4. The fourth-order valence-electron chi connectivity index (χ4n) is 2.46. The van der Waals surface area contributed by atoms with Crippen molar-refractivity contribution in [2.45, 2.75) is 6.92 Å². The lowest BCUT2D eigenvalue weighted by molar-refractivity contribution is 0.630. The van der Waals surface area contributed by atoms with Crippen LogP contribution in [0.5, 0.6) is 0 Å².